The van der Waals surface area contributed by atoms with Crippen molar-refractivity contribution in [2.45, 2.75) is 26.8 Å². The van der Waals surface area contributed by atoms with Gasteiger partial charge in [-0.05, 0) is 59.1 Å². The Morgan fingerprint density at radius 1 is 1.12 bits per heavy atom. The summed E-state index contributed by atoms with van der Waals surface area (Å²) < 4.78 is 7.87. The standard InChI is InChI=1S/C29H37N9O2/c1-9-27(39)33-22-15-23(26(40-8)16-24(22)37(7)13-12-36(5)6)35-29-30-11-10-21(34-29)20-14-25-28(31-17-20)32-19(4)38(25)18(2)3/h9-11,14-18H,1,12-13H2,2-8H3,(H,33,39)(H,30,34,35). The average molecular weight is 544 g/mol. The summed E-state index contributed by atoms with van der Waals surface area (Å²) >= 11 is 0. The number of carbonyl (C=O) groups excluding carboxylic acids is 1. The highest BCUT2D eigenvalue weighted by Gasteiger charge is 2.17. The molecule has 0 unspecified atom stereocenters. The van der Waals surface area contributed by atoms with E-state index in [-0.39, 0.29) is 11.9 Å². The molecule has 1 amide bonds. The Hall–Kier alpha value is -4.51. The first-order chi connectivity index (χ1) is 19.1. The number of rotatable bonds is 11. The first-order valence-corrected chi connectivity index (χ1v) is 13.1. The SMILES string of the molecule is C=CC(=O)Nc1cc(Nc2nccc(-c3cnc4nc(C)n(C(C)C)c4c3)n2)c(OC)cc1N(C)CCN(C)C. The lowest BCUT2D eigenvalue weighted by Gasteiger charge is -2.26. The third-order valence-electron chi connectivity index (χ3n) is 6.49. The van der Waals surface area contributed by atoms with Crippen molar-refractivity contribution < 1.29 is 9.53 Å². The van der Waals surface area contributed by atoms with E-state index in [0.717, 1.165) is 35.7 Å². The molecule has 0 spiro atoms. The van der Waals surface area contributed by atoms with Crippen LogP contribution in [0.1, 0.15) is 25.7 Å². The van der Waals surface area contributed by atoms with Gasteiger partial charge < -0.3 is 29.7 Å². The Labute approximate surface area is 234 Å². The minimum absolute atomic E-state index is 0.248. The van der Waals surface area contributed by atoms with Gasteiger partial charge in [-0.15, -0.1) is 0 Å². The van der Waals surface area contributed by atoms with Crippen molar-refractivity contribution >= 4 is 40.1 Å². The summed E-state index contributed by atoms with van der Waals surface area (Å²) in [4.78, 5) is 34.8. The minimum atomic E-state index is -0.310. The van der Waals surface area contributed by atoms with E-state index in [9.17, 15) is 4.79 Å². The van der Waals surface area contributed by atoms with Crippen molar-refractivity contribution in [1.29, 1.82) is 0 Å². The Morgan fingerprint density at radius 2 is 1.90 bits per heavy atom. The molecule has 11 nitrogen and oxygen atoms in total. The van der Waals surface area contributed by atoms with Crippen LogP contribution in [0.2, 0.25) is 0 Å². The lowest BCUT2D eigenvalue weighted by molar-refractivity contribution is -0.111. The Kier molecular flexibility index (Phi) is 8.64. The number of hydrogen-bond acceptors (Lipinski definition) is 9. The number of likely N-dealkylation sites (N-methyl/N-ethyl adjacent to an activating group) is 2. The predicted molar refractivity (Wildman–Crippen MR) is 161 cm³/mol. The summed E-state index contributed by atoms with van der Waals surface area (Å²) in [6.45, 7) is 11.4. The van der Waals surface area contributed by atoms with Gasteiger partial charge in [0, 0.05) is 50.2 Å². The number of aromatic nitrogens is 5. The Bertz CT molecular complexity index is 1530. The number of hydrogen-bond donors (Lipinski definition) is 2. The van der Waals surface area contributed by atoms with Crippen LogP contribution in [0, 0.1) is 6.92 Å². The highest BCUT2D eigenvalue weighted by atomic mass is 16.5. The number of anilines is 4. The van der Waals surface area contributed by atoms with Gasteiger partial charge in [-0.25, -0.2) is 19.9 Å². The van der Waals surface area contributed by atoms with Crippen molar-refractivity contribution in [2.75, 3.05) is 56.9 Å². The van der Waals surface area contributed by atoms with Gasteiger partial charge in [-0.2, -0.15) is 0 Å². The van der Waals surface area contributed by atoms with Crippen LogP contribution in [0.25, 0.3) is 22.4 Å². The molecule has 1 aromatic carbocycles. The van der Waals surface area contributed by atoms with Gasteiger partial charge in [0.2, 0.25) is 11.9 Å². The number of aryl methyl sites for hydroxylation is 1. The molecule has 0 saturated carbocycles. The van der Waals surface area contributed by atoms with Gasteiger partial charge in [0.15, 0.2) is 5.65 Å². The van der Waals surface area contributed by atoms with Crippen molar-refractivity contribution in [1.82, 2.24) is 29.4 Å². The molecule has 4 rings (SSSR count). The number of imidazole rings is 1. The molecule has 0 aliphatic heterocycles. The van der Waals surface area contributed by atoms with E-state index in [1.165, 1.54) is 6.08 Å². The summed E-state index contributed by atoms with van der Waals surface area (Å²) in [5.41, 5.74) is 5.24. The van der Waals surface area contributed by atoms with Gasteiger partial charge in [0.1, 0.15) is 11.6 Å². The van der Waals surface area contributed by atoms with E-state index in [2.05, 4.69) is 66.4 Å². The minimum Gasteiger partial charge on any atom is -0.494 e. The zero-order valence-corrected chi connectivity index (χ0v) is 24.2. The van der Waals surface area contributed by atoms with Crippen molar-refractivity contribution in [2.24, 2.45) is 0 Å². The number of pyridine rings is 1. The van der Waals surface area contributed by atoms with Crippen LogP contribution in [-0.2, 0) is 4.79 Å². The number of fused-ring (bicyclic) bond motifs is 1. The molecule has 0 aliphatic carbocycles. The van der Waals surface area contributed by atoms with Crippen LogP contribution in [0.3, 0.4) is 0 Å². The number of ether oxygens (including phenoxy) is 1. The predicted octanol–water partition coefficient (Wildman–Crippen LogP) is 4.65. The summed E-state index contributed by atoms with van der Waals surface area (Å²) in [7, 11) is 7.61. The second kappa shape index (κ2) is 12.1. The average Bonchev–Trinajstić information content (AvgIpc) is 3.27. The maximum atomic E-state index is 12.3. The fourth-order valence-corrected chi connectivity index (χ4v) is 4.49. The fourth-order valence-electron chi connectivity index (χ4n) is 4.49. The molecular formula is C29H37N9O2. The van der Waals surface area contributed by atoms with Gasteiger partial charge in [-0.3, -0.25) is 4.79 Å². The van der Waals surface area contributed by atoms with Crippen LogP contribution in [0.5, 0.6) is 5.75 Å². The molecular weight excluding hydrogens is 506 g/mol. The number of nitrogens with zero attached hydrogens (tertiary/aromatic N) is 7. The molecule has 2 N–H and O–H groups in total. The summed E-state index contributed by atoms with van der Waals surface area (Å²) in [6.07, 6.45) is 4.70. The van der Waals surface area contributed by atoms with Crippen LogP contribution in [-0.4, -0.2) is 76.7 Å². The number of amides is 1. The number of nitrogens with one attached hydrogen (secondary N) is 2. The van der Waals surface area contributed by atoms with E-state index in [0.29, 0.717) is 34.4 Å². The third-order valence-corrected chi connectivity index (χ3v) is 6.49. The molecule has 3 heterocycles. The lowest BCUT2D eigenvalue weighted by atomic mass is 10.2. The van der Waals surface area contributed by atoms with Crippen molar-refractivity contribution in [3.63, 3.8) is 0 Å². The fraction of sp³-hybridized carbons (Fsp3) is 0.345. The van der Waals surface area contributed by atoms with Crippen LogP contribution in [0.4, 0.5) is 23.0 Å². The first kappa shape index (κ1) is 28.5. The first-order valence-electron chi connectivity index (χ1n) is 13.1. The quantitative estimate of drug-likeness (QED) is 0.261. The molecule has 0 aliphatic rings. The lowest BCUT2D eigenvalue weighted by Crippen LogP contribution is -2.29. The van der Waals surface area contributed by atoms with E-state index in [1.54, 1.807) is 19.5 Å². The highest BCUT2D eigenvalue weighted by Crippen LogP contribution is 2.38. The molecule has 11 heteroatoms. The van der Waals surface area contributed by atoms with Gasteiger partial charge in [0.25, 0.3) is 0 Å². The van der Waals surface area contributed by atoms with E-state index >= 15 is 0 Å². The van der Waals surface area contributed by atoms with Gasteiger partial charge >= 0.3 is 0 Å². The van der Waals surface area contributed by atoms with E-state index in [4.69, 9.17) is 9.72 Å². The third kappa shape index (κ3) is 6.20. The molecule has 40 heavy (non-hydrogen) atoms. The zero-order valence-electron chi connectivity index (χ0n) is 24.2. The number of benzene rings is 1. The Balaban J connectivity index is 1.70. The summed E-state index contributed by atoms with van der Waals surface area (Å²) in [5.74, 6) is 1.56. The normalized spacial score (nSPS) is 11.2. The molecule has 0 fully saturated rings. The second-order valence-electron chi connectivity index (χ2n) is 10.1. The molecule has 0 atom stereocenters. The zero-order chi connectivity index (χ0) is 29.0. The molecule has 4 aromatic rings. The van der Waals surface area contributed by atoms with Crippen LogP contribution < -0.4 is 20.3 Å². The topological polar surface area (TPSA) is 113 Å². The molecule has 0 bridgehead atoms. The molecule has 0 saturated heterocycles. The number of methoxy groups -OCH3 is 1. The van der Waals surface area contributed by atoms with Crippen LogP contribution in [0.15, 0.2) is 49.3 Å². The number of carbonyl (C=O) groups is 1. The Morgan fingerprint density at radius 3 is 2.58 bits per heavy atom. The highest BCUT2D eigenvalue weighted by molar-refractivity contribution is 6.02. The molecule has 3 aromatic heterocycles. The maximum absolute atomic E-state index is 12.3. The molecule has 210 valence electrons. The second-order valence-corrected chi connectivity index (χ2v) is 10.1. The largest absolute Gasteiger partial charge is 0.494 e. The van der Waals surface area contributed by atoms with Crippen LogP contribution >= 0.6 is 0 Å². The van der Waals surface area contributed by atoms with E-state index in [1.807, 2.05) is 46.3 Å². The smallest absolute Gasteiger partial charge is 0.247 e. The van der Waals surface area contributed by atoms with Gasteiger partial charge in [-0.1, -0.05) is 6.58 Å². The summed E-state index contributed by atoms with van der Waals surface area (Å²) in [6, 6.07) is 7.84. The van der Waals surface area contributed by atoms with Gasteiger partial charge in [0.05, 0.1) is 35.4 Å². The van der Waals surface area contributed by atoms with Crippen molar-refractivity contribution in [3.8, 4) is 17.0 Å². The van der Waals surface area contributed by atoms with Crippen molar-refractivity contribution in [3.05, 3.63) is 55.1 Å². The summed E-state index contributed by atoms with van der Waals surface area (Å²) in [5, 5.41) is 6.18. The molecule has 0 radical (unpaired) electrons. The monoisotopic (exact) mass is 543 g/mol. The van der Waals surface area contributed by atoms with E-state index < -0.39 is 0 Å². The maximum Gasteiger partial charge on any atom is 0.247 e.